The summed E-state index contributed by atoms with van der Waals surface area (Å²) in [5, 5.41) is 10.8. The van der Waals surface area contributed by atoms with Crippen LogP contribution in [0.1, 0.15) is 40.2 Å². The Kier molecular flexibility index (Phi) is 5.67. The van der Waals surface area contributed by atoms with Gasteiger partial charge in [0.25, 0.3) is 5.91 Å². The number of hydrogen-bond donors (Lipinski definition) is 2. The average Bonchev–Trinajstić information content (AvgIpc) is 3.37. The molecule has 0 radical (unpaired) electrons. The van der Waals surface area contributed by atoms with Crippen molar-refractivity contribution in [2.45, 2.75) is 31.7 Å². The van der Waals surface area contributed by atoms with Crippen LogP contribution in [-0.2, 0) is 11.8 Å². The summed E-state index contributed by atoms with van der Waals surface area (Å²) in [4.78, 5) is 27.7. The molecule has 2 aliphatic rings. The van der Waals surface area contributed by atoms with E-state index in [1.807, 2.05) is 55.5 Å². The predicted molar refractivity (Wildman–Crippen MR) is 111 cm³/mol. The van der Waals surface area contributed by atoms with Crippen molar-refractivity contribution < 1.29 is 9.59 Å². The maximum atomic E-state index is 13.2. The number of nitrogens with zero attached hydrogens (tertiary/aromatic N) is 3. The van der Waals surface area contributed by atoms with Gasteiger partial charge in [-0.1, -0.05) is 18.2 Å². The van der Waals surface area contributed by atoms with E-state index in [2.05, 4.69) is 15.7 Å². The highest BCUT2D eigenvalue weighted by Gasteiger charge is 2.38. The van der Waals surface area contributed by atoms with Crippen molar-refractivity contribution in [2.24, 2.45) is 13.0 Å². The lowest BCUT2D eigenvalue weighted by Gasteiger charge is -2.34. The van der Waals surface area contributed by atoms with Crippen LogP contribution in [0.4, 0.5) is 0 Å². The quantitative estimate of drug-likeness (QED) is 0.821. The first-order valence-electron chi connectivity index (χ1n) is 10.4. The lowest BCUT2D eigenvalue weighted by atomic mass is 9.89. The van der Waals surface area contributed by atoms with E-state index < -0.39 is 0 Å². The molecule has 0 saturated carbocycles. The van der Waals surface area contributed by atoms with E-state index in [0.717, 1.165) is 36.1 Å². The van der Waals surface area contributed by atoms with Crippen molar-refractivity contribution in [1.29, 1.82) is 0 Å². The summed E-state index contributed by atoms with van der Waals surface area (Å²) in [5.74, 6) is 0.323. The van der Waals surface area contributed by atoms with Crippen LogP contribution in [-0.4, -0.2) is 58.7 Å². The molecule has 7 heteroatoms. The minimum atomic E-state index is -0.0442. The maximum Gasteiger partial charge on any atom is 0.251 e. The molecule has 4 rings (SSSR count). The van der Waals surface area contributed by atoms with E-state index in [9.17, 15) is 9.59 Å². The topological polar surface area (TPSA) is 79.3 Å². The van der Waals surface area contributed by atoms with Gasteiger partial charge in [0.05, 0.1) is 12.1 Å². The molecular weight excluding hydrogens is 366 g/mol. The van der Waals surface area contributed by atoms with Crippen LogP contribution in [0.2, 0.25) is 0 Å². The van der Waals surface area contributed by atoms with E-state index in [1.165, 1.54) is 0 Å². The summed E-state index contributed by atoms with van der Waals surface area (Å²) in [5.41, 5.74) is 2.83. The van der Waals surface area contributed by atoms with Gasteiger partial charge in [0.15, 0.2) is 0 Å². The zero-order chi connectivity index (χ0) is 20.4. The van der Waals surface area contributed by atoms with E-state index in [0.29, 0.717) is 19.6 Å². The van der Waals surface area contributed by atoms with E-state index in [1.54, 1.807) is 4.68 Å². The first-order valence-corrected chi connectivity index (χ1v) is 10.4. The van der Waals surface area contributed by atoms with Gasteiger partial charge < -0.3 is 15.5 Å². The smallest absolute Gasteiger partial charge is 0.251 e. The zero-order valence-electron chi connectivity index (χ0n) is 17.1. The first-order chi connectivity index (χ1) is 14.0. The first kappa shape index (κ1) is 19.6. The van der Waals surface area contributed by atoms with Crippen LogP contribution in [0.3, 0.4) is 0 Å². The Morgan fingerprint density at radius 3 is 2.62 bits per heavy atom. The van der Waals surface area contributed by atoms with E-state index in [-0.39, 0.29) is 29.7 Å². The predicted octanol–water partition coefficient (Wildman–Crippen LogP) is 1.45. The van der Waals surface area contributed by atoms with Gasteiger partial charge in [0.2, 0.25) is 5.91 Å². The SMILES string of the molecule is Cc1ccccc1C(=O)NC1CCN(C(=O)[C@H]2CNC[C@@H]2c2cnn(C)c2)CC1. The van der Waals surface area contributed by atoms with Crippen molar-refractivity contribution in [1.82, 2.24) is 25.3 Å². The average molecular weight is 396 g/mol. The second kappa shape index (κ2) is 8.37. The molecule has 1 aromatic carbocycles. The molecule has 0 unspecified atom stereocenters. The zero-order valence-corrected chi connectivity index (χ0v) is 17.1. The fourth-order valence-electron chi connectivity index (χ4n) is 4.49. The van der Waals surface area contributed by atoms with E-state index in [4.69, 9.17) is 0 Å². The van der Waals surface area contributed by atoms with Crippen molar-refractivity contribution in [3.05, 3.63) is 53.3 Å². The lowest BCUT2D eigenvalue weighted by molar-refractivity contribution is -0.136. The minimum Gasteiger partial charge on any atom is -0.349 e. The van der Waals surface area contributed by atoms with Crippen molar-refractivity contribution in [2.75, 3.05) is 26.2 Å². The van der Waals surface area contributed by atoms with Gasteiger partial charge in [-0.3, -0.25) is 14.3 Å². The Morgan fingerprint density at radius 1 is 1.17 bits per heavy atom. The number of hydrogen-bond acceptors (Lipinski definition) is 4. The molecule has 0 spiro atoms. The standard InChI is InChI=1S/C22H29N5O2/c1-15-5-3-4-6-18(15)21(28)25-17-7-9-27(10-8-17)22(29)20-13-23-12-19(20)16-11-24-26(2)14-16/h3-6,11,14,17,19-20,23H,7-10,12-13H2,1-2H3,(H,25,28)/t19-,20+/m1/s1. The number of amides is 2. The number of likely N-dealkylation sites (tertiary alicyclic amines) is 1. The molecule has 2 saturated heterocycles. The molecule has 2 atom stereocenters. The van der Waals surface area contributed by atoms with Crippen molar-refractivity contribution >= 4 is 11.8 Å². The summed E-state index contributed by atoms with van der Waals surface area (Å²) in [6.45, 7) is 4.85. The van der Waals surface area contributed by atoms with Crippen LogP contribution < -0.4 is 10.6 Å². The third-order valence-electron chi connectivity index (χ3n) is 6.22. The maximum absolute atomic E-state index is 13.2. The van der Waals surface area contributed by atoms with Crippen molar-refractivity contribution in [3.8, 4) is 0 Å². The van der Waals surface area contributed by atoms with Crippen LogP contribution >= 0.6 is 0 Å². The van der Waals surface area contributed by atoms with Gasteiger partial charge >= 0.3 is 0 Å². The molecule has 2 N–H and O–H groups in total. The number of aryl methyl sites for hydroxylation is 2. The summed E-state index contributed by atoms with van der Waals surface area (Å²) in [6, 6.07) is 7.74. The minimum absolute atomic E-state index is 0.0236. The summed E-state index contributed by atoms with van der Waals surface area (Å²) in [7, 11) is 1.90. The van der Waals surface area contributed by atoms with Gasteiger partial charge in [-0.25, -0.2) is 0 Å². The second-order valence-corrected chi connectivity index (χ2v) is 8.21. The number of nitrogens with one attached hydrogen (secondary N) is 2. The fourth-order valence-corrected chi connectivity index (χ4v) is 4.49. The Labute approximate surface area is 171 Å². The third-order valence-corrected chi connectivity index (χ3v) is 6.22. The molecule has 2 aliphatic heterocycles. The molecule has 154 valence electrons. The van der Waals surface area contributed by atoms with Crippen LogP contribution in [0.15, 0.2) is 36.7 Å². The Hall–Kier alpha value is -2.67. The van der Waals surface area contributed by atoms with Gasteiger partial charge in [0.1, 0.15) is 0 Å². The van der Waals surface area contributed by atoms with Crippen LogP contribution in [0, 0.1) is 12.8 Å². The molecular formula is C22H29N5O2. The van der Waals surface area contributed by atoms with Crippen LogP contribution in [0.25, 0.3) is 0 Å². The highest BCUT2D eigenvalue weighted by atomic mass is 16.2. The fraction of sp³-hybridized carbons (Fsp3) is 0.500. The summed E-state index contributed by atoms with van der Waals surface area (Å²) < 4.78 is 1.79. The Morgan fingerprint density at radius 2 is 1.93 bits per heavy atom. The molecule has 0 bridgehead atoms. The molecule has 3 heterocycles. The number of carbonyl (C=O) groups is 2. The third kappa shape index (κ3) is 4.19. The normalized spacial score (nSPS) is 22.6. The number of rotatable bonds is 4. The number of carbonyl (C=O) groups excluding carboxylic acids is 2. The highest BCUT2D eigenvalue weighted by molar-refractivity contribution is 5.95. The number of piperidine rings is 1. The lowest BCUT2D eigenvalue weighted by Crippen LogP contribution is -2.48. The molecule has 0 aliphatic carbocycles. The molecule has 2 fully saturated rings. The summed E-state index contributed by atoms with van der Waals surface area (Å²) in [6.07, 6.45) is 5.46. The Bertz CT molecular complexity index is 885. The molecule has 2 aromatic rings. The van der Waals surface area contributed by atoms with Crippen LogP contribution in [0.5, 0.6) is 0 Å². The number of aromatic nitrogens is 2. The molecule has 2 amide bonds. The molecule has 29 heavy (non-hydrogen) atoms. The highest BCUT2D eigenvalue weighted by Crippen LogP contribution is 2.30. The monoisotopic (exact) mass is 395 g/mol. The van der Waals surface area contributed by atoms with Gasteiger partial charge in [0, 0.05) is 56.9 Å². The number of benzene rings is 1. The largest absolute Gasteiger partial charge is 0.349 e. The van der Waals surface area contributed by atoms with Gasteiger partial charge in [-0.15, -0.1) is 0 Å². The van der Waals surface area contributed by atoms with Gasteiger partial charge in [-0.05, 0) is 37.0 Å². The van der Waals surface area contributed by atoms with Gasteiger partial charge in [-0.2, -0.15) is 5.10 Å². The van der Waals surface area contributed by atoms with E-state index >= 15 is 0 Å². The molecule has 1 aromatic heterocycles. The summed E-state index contributed by atoms with van der Waals surface area (Å²) >= 11 is 0. The Balaban J connectivity index is 1.33. The molecule has 7 nitrogen and oxygen atoms in total. The second-order valence-electron chi connectivity index (χ2n) is 8.21. The van der Waals surface area contributed by atoms with Crippen molar-refractivity contribution in [3.63, 3.8) is 0 Å².